The van der Waals surface area contributed by atoms with Gasteiger partial charge in [-0.05, 0) is 30.3 Å². The molecule has 3 rings (SSSR count). The summed E-state index contributed by atoms with van der Waals surface area (Å²) in [5.41, 5.74) is 0.328. The summed E-state index contributed by atoms with van der Waals surface area (Å²) < 4.78 is 38.6. The fourth-order valence-electron chi connectivity index (χ4n) is 2.02. The van der Waals surface area contributed by atoms with E-state index in [0.717, 1.165) is 6.26 Å². The Kier molecular flexibility index (Phi) is 4.65. The van der Waals surface area contributed by atoms with Crippen LogP contribution in [0.4, 0.5) is 0 Å². The van der Waals surface area contributed by atoms with Crippen molar-refractivity contribution in [3.63, 3.8) is 0 Å². The topological polar surface area (TPSA) is 99.6 Å². The third-order valence-electron chi connectivity index (χ3n) is 3.26. The molecule has 2 aromatic heterocycles. The van der Waals surface area contributed by atoms with E-state index in [2.05, 4.69) is 5.16 Å². The highest BCUT2D eigenvalue weighted by atomic mass is 35.5. The van der Waals surface area contributed by atoms with E-state index in [1.54, 1.807) is 18.2 Å². The molecule has 0 amide bonds. The first-order valence-electron chi connectivity index (χ1n) is 7.01. The van der Waals surface area contributed by atoms with Gasteiger partial charge in [0.2, 0.25) is 5.76 Å². The third-order valence-corrected chi connectivity index (χ3v) is 4.70. The zero-order valence-corrected chi connectivity index (χ0v) is 14.5. The van der Waals surface area contributed by atoms with E-state index in [9.17, 15) is 13.2 Å². The molecule has 0 atom stereocenters. The molecule has 0 N–H and O–H groups in total. The van der Waals surface area contributed by atoms with Gasteiger partial charge in [-0.1, -0.05) is 16.8 Å². The van der Waals surface area contributed by atoms with Gasteiger partial charge in [0.05, 0.1) is 21.7 Å². The predicted octanol–water partition coefficient (Wildman–Crippen LogP) is 3.35. The van der Waals surface area contributed by atoms with Gasteiger partial charge < -0.3 is 13.7 Å². The number of hydrogen-bond acceptors (Lipinski definition) is 7. The fraction of sp³-hybridized carbons (Fsp3) is 0.125. The minimum atomic E-state index is -3.47. The molecular weight excluding hydrogens is 370 g/mol. The number of hydrogen-bond donors (Lipinski definition) is 0. The average molecular weight is 382 g/mol. The highest BCUT2D eigenvalue weighted by molar-refractivity contribution is 7.90. The summed E-state index contributed by atoms with van der Waals surface area (Å²) in [7, 11) is -3.47. The van der Waals surface area contributed by atoms with Gasteiger partial charge in [0.25, 0.3) is 0 Å². The first-order valence-corrected chi connectivity index (χ1v) is 9.28. The highest BCUT2D eigenvalue weighted by Crippen LogP contribution is 2.23. The Bertz CT molecular complexity index is 1010. The number of carbonyl (C=O) groups excluding carboxylic acids is 1. The maximum Gasteiger partial charge on any atom is 0.340 e. The molecule has 9 heteroatoms. The van der Waals surface area contributed by atoms with Crippen LogP contribution in [0.1, 0.15) is 16.1 Å². The second-order valence-electron chi connectivity index (χ2n) is 5.15. The summed E-state index contributed by atoms with van der Waals surface area (Å²) in [4.78, 5) is 12.2. The normalized spacial score (nSPS) is 11.4. The Morgan fingerprint density at radius 1 is 1.24 bits per heavy atom. The van der Waals surface area contributed by atoms with Crippen LogP contribution in [0.3, 0.4) is 0 Å². The number of furan rings is 1. The van der Waals surface area contributed by atoms with Crippen LogP contribution in [0, 0.1) is 0 Å². The molecule has 0 unspecified atom stereocenters. The molecule has 0 bridgehead atoms. The van der Waals surface area contributed by atoms with Gasteiger partial charge in [-0.3, -0.25) is 0 Å². The standard InChI is InChI=1S/C16H12ClNO6S/c1-25(20,21)11-4-5-13(17)12(8-11)16(19)23-9-10-7-15(24-18-10)14-3-2-6-22-14/h2-8H,9H2,1H3. The Balaban J connectivity index is 1.73. The van der Waals surface area contributed by atoms with Crippen molar-refractivity contribution in [2.45, 2.75) is 11.5 Å². The van der Waals surface area contributed by atoms with Gasteiger partial charge in [0, 0.05) is 12.3 Å². The Morgan fingerprint density at radius 3 is 2.72 bits per heavy atom. The van der Waals surface area contributed by atoms with E-state index in [-0.39, 0.29) is 22.1 Å². The van der Waals surface area contributed by atoms with Crippen LogP contribution in [0.15, 0.2) is 56.5 Å². The van der Waals surface area contributed by atoms with E-state index < -0.39 is 15.8 Å². The first kappa shape index (κ1) is 17.2. The molecule has 0 aliphatic carbocycles. The molecule has 0 spiro atoms. The van der Waals surface area contributed by atoms with Gasteiger partial charge in [-0.2, -0.15) is 0 Å². The second-order valence-corrected chi connectivity index (χ2v) is 7.57. The number of esters is 1. The number of benzene rings is 1. The van der Waals surface area contributed by atoms with E-state index in [4.69, 9.17) is 25.3 Å². The summed E-state index contributed by atoms with van der Waals surface area (Å²) in [6, 6.07) is 8.81. The molecule has 1 aromatic carbocycles. The molecule has 130 valence electrons. The lowest BCUT2D eigenvalue weighted by molar-refractivity contribution is 0.0464. The summed E-state index contributed by atoms with van der Waals surface area (Å²) in [6.45, 7) is -0.164. The van der Waals surface area contributed by atoms with Gasteiger partial charge in [0.1, 0.15) is 12.3 Å². The van der Waals surface area contributed by atoms with Crippen molar-refractivity contribution >= 4 is 27.4 Å². The van der Waals surface area contributed by atoms with Crippen molar-refractivity contribution in [3.8, 4) is 11.5 Å². The first-order chi connectivity index (χ1) is 11.8. The zero-order valence-electron chi connectivity index (χ0n) is 12.9. The van der Waals surface area contributed by atoms with Gasteiger partial charge in [-0.15, -0.1) is 0 Å². The molecule has 0 aliphatic rings. The minimum Gasteiger partial charge on any atom is -0.461 e. The average Bonchev–Trinajstić information content (AvgIpc) is 3.23. The molecule has 0 saturated heterocycles. The van der Waals surface area contributed by atoms with Crippen LogP contribution in [0.25, 0.3) is 11.5 Å². The molecular formula is C16H12ClNO6S. The number of rotatable bonds is 5. The monoisotopic (exact) mass is 381 g/mol. The maximum absolute atomic E-state index is 12.2. The van der Waals surface area contributed by atoms with Gasteiger partial charge >= 0.3 is 5.97 Å². The molecule has 25 heavy (non-hydrogen) atoms. The van der Waals surface area contributed by atoms with Gasteiger partial charge in [0.15, 0.2) is 15.6 Å². The van der Waals surface area contributed by atoms with Crippen molar-refractivity contribution in [1.29, 1.82) is 0 Å². The third kappa shape index (κ3) is 3.92. The number of aromatic nitrogens is 1. The zero-order chi connectivity index (χ0) is 18.0. The predicted molar refractivity (Wildman–Crippen MR) is 87.9 cm³/mol. The fourth-order valence-corrected chi connectivity index (χ4v) is 2.87. The number of carbonyl (C=O) groups is 1. The number of ether oxygens (including phenoxy) is 1. The molecule has 3 aromatic rings. The summed E-state index contributed by atoms with van der Waals surface area (Å²) in [6.07, 6.45) is 2.53. The van der Waals surface area contributed by atoms with E-state index in [0.29, 0.717) is 17.2 Å². The van der Waals surface area contributed by atoms with E-state index in [1.807, 2.05) is 0 Å². The smallest absolute Gasteiger partial charge is 0.340 e. The number of halogens is 1. The Hall–Kier alpha value is -2.58. The van der Waals surface area contributed by atoms with Crippen LogP contribution >= 0.6 is 11.6 Å². The molecule has 0 radical (unpaired) electrons. The van der Waals surface area contributed by atoms with Crippen molar-refractivity contribution < 1.29 is 26.9 Å². The van der Waals surface area contributed by atoms with Crippen molar-refractivity contribution in [1.82, 2.24) is 5.16 Å². The quantitative estimate of drug-likeness (QED) is 0.624. The van der Waals surface area contributed by atoms with E-state index >= 15 is 0 Å². The number of sulfone groups is 1. The SMILES string of the molecule is CS(=O)(=O)c1ccc(Cl)c(C(=O)OCc2cc(-c3ccco3)on2)c1. The number of nitrogens with zero attached hydrogens (tertiary/aromatic N) is 1. The summed E-state index contributed by atoms with van der Waals surface area (Å²) in [5, 5.41) is 3.87. The summed E-state index contributed by atoms with van der Waals surface area (Å²) in [5.74, 6) is 0.125. The maximum atomic E-state index is 12.2. The molecule has 2 heterocycles. The lowest BCUT2D eigenvalue weighted by atomic mass is 10.2. The second kappa shape index (κ2) is 6.73. The molecule has 0 aliphatic heterocycles. The Labute approximate surface area is 148 Å². The van der Waals surface area contributed by atoms with Crippen molar-refractivity contribution in [2.75, 3.05) is 6.26 Å². The van der Waals surface area contributed by atoms with Crippen molar-refractivity contribution in [3.05, 3.63) is 58.9 Å². The molecule has 0 fully saturated rings. The van der Waals surface area contributed by atoms with Crippen LogP contribution < -0.4 is 0 Å². The van der Waals surface area contributed by atoms with Crippen LogP contribution in [-0.2, 0) is 21.2 Å². The Morgan fingerprint density at radius 2 is 2.04 bits per heavy atom. The van der Waals surface area contributed by atoms with Crippen LogP contribution in [0.5, 0.6) is 0 Å². The largest absolute Gasteiger partial charge is 0.461 e. The lowest BCUT2D eigenvalue weighted by Gasteiger charge is -2.06. The lowest BCUT2D eigenvalue weighted by Crippen LogP contribution is -2.08. The minimum absolute atomic E-state index is 0.0228. The van der Waals surface area contributed by atoms with Crippen LogP contribution in [-0.4, -0.2) is 25.8 Å². The molecule has 7 nitrogen and oxygen atoms in total. The van der Waals surface area contributed by atoms with E-state index in [1.165, 1.54) is 24.5 Å². The van der Waals surface area contributed by atoms with Crippen molar-refractivity contribution in [2.24, 2.45) is 0 Å². The van der Waals surface area contributed by atoms with Crippen LogP contribution in [0.2, 0.25) is 5.02 Å². The summed E-state index contributed by atoms with van der Waals surface area (Å²) >= 11 is 5.95. The highest BCUT2D eigenvalue weighted by Gasteiger charge is 2.18. The molecule has 0 saturated carbocycles. The van der Waals surface area contributed by atoms with Gasteiger partial charge in [-0.25, -0.2) is 13.2 Å².